The lowest BCUT2D eigenvalue weighted by Crippen LogP contribution is -2.32. The minimum atomic E-state index is -0.509. The molecule has 1 unspecified atom stereocenters. The molecule has 0 saturated carbocycles. The molecule has 2 aromatic heterocycles. The zero-order chi connectivity index (χ0) is 21.4. The lowest BCUT2D eigenvalue weighted by molar-refractivity contribution is 0.0982. The van der Waals surface area contributed by atoms with E-state index in [0.29, 0.717) is 35.7 Å². The van der Waals surface area contributed by atoms with E-state index < -0.39 is 11.2 Å². The second-order valence-electron chi connectivity index (χ2n) is 7.73. The van der Waals surface area contributed by atoms with E-state index >= 15 is 0 Å². The molecule has 8 heteroatoms. The van der Waals surface area contributed by atoms with Crippen LogP contribution in [0, 0.1) is 0 Å². The molecule has 0 radical (unpaired) electrons. The van der Waals surface area contributed by atoms with Crippen LogP contribution >= 0.6 is 0 Å². The van der Waals surface area contributed by atoms with E-state index in [-0.39, 0.29) is 18.4 Å². The fourth-order valence-electron chi connectivity index (χ4n) is 4.12. The number of phenolic OH excluding ortho intramolecular Hbond substituents is 1. The molecule has 4 aromatic rings. The molecule has 1 aliphatic rings. The Balaban J connectivity index is 1.74. The van der Waals surface area contributed by atoms with Crippen LogP contribution in [0.4, 0.5) is 0 Å². The number of aromatic amines is 1. The van der Waals surface area contributed by atoms with E-state index in [1.54, 1.807) is 22.8 Å². The van der Waals surface area contributed by atoms with E-state index in [2.05, 4.69) is 4.98 Å². The number of rotatable bonds is 5. The first kappa shape index (κ1) is 19.3. The van der Waals surface area contributed by atoms with Crippen LogP contribution in [0.1, 0.15) is 18.4 Å². The SMILES string of the molecule is O=c1[nH]c(=O)n(Cc2ccccc2)c2nc(-c3cccc(O)c3)n(CC3CCCO3)c12. The fourth-order valence-corrected chi connectivity index (χ4v) is 4.12. The highest BCUT2D eigenvalue weighted by Gasteiger charge is 2.24. The topological polar surface area (TPSA) is 102 Å². The van der Waals surface area contributed by atoms with Gasteiger partial charge in [0.15, 0.2) is 11.2 Å². The normalized spacial score (nSPS) is 16.2. The lowest BCUT2D eigenvalue weighted by atomic mass is 10.2. The van der Waals surface area contributed by atoms with Crippen molar-refractivity contribution < 1.29 is 9.84 Å². The van der Waals surface area contributed by atoms with Crippen LogP contribution < -0.4 is 11.2 Å². The molecule has 31 heavy (non-hydrogen) atoms. The second kappa shape index (κ2) is 7.88. The second-order valence-corrected chi connectivity index (χ2v) is 7.73. The van der Waals surface area contributed by atoms with Crippen molar-refractivity contribution in [1.82, 2.24) is 19.1 Å². The molecule has 0 spiro atoms. The van der Waals surface area contributed by atoms with Gasteiger partial charge in [0.1, 0.15) is 11.6 Å². The monoisotopic (exact) mass is 418 g/mol. The molecule has 0 aliphatic carbocycles. The van der Waals surface area contributed by atoms with Crippen molar-refractivity contribution in [3.8, 4) is 17.1 Å². The third-order valence-corrected chi connectivity index (χ3v) is 5.58. The Hall–Kier alpha value is -3.65. The van der Waals surface area contributed by atoms with Crippen LogP contribution in [-0.4, -0.2) is 36.9 Å². The minimum absolute atomic E-state index is 0.0395. The maximum atomic E-state index is 12.9. The number of fused-ring (bicyclic) bond motifs is 1. The number of hydrogen-bond donors (Lipinski definition) is 2. The van der Waals surface area contributed by atoms with Gasteiger partial charge in [0.2, 0.25) is 0 Å². The van der Waals surface area contributed by atoms with Gasteiger partial charge in [-0.15, -0.1) is 0 Å². The highest BCUT2D eigenvalue weighted by atomic mass is 16.5. The Labute approximate surface area is 177 Å². The maximum absolute atomic E-state index is 12.9. The summed E-state index contributed by atoms with van der Waals surface area (Å²) < 4.78 is 9.08. The van der Waals surface area contributed by atoms with Crippen LogP contribution in [0.15, 0.2) is 64.2 Å². The molecule has 158 valence electrons. The third-order valence-electron chi connectivity index (χ3n) is 5.58. The Kier molecular flexibility index (Phi) is 4.91. The number of benzene rings is 2. The van der Waals surface area contributed by atoms with Gasteiger partial charge in [-0.2, -0.15) is 0 Å². The van der Waals surface area contributed by atoms with Gasteiger partial charge in [0, 0.05) is 12.2 Å². The third kappa shape index (κ3) is 3.66. The Morgan fingerprint density at radius 1 is 1.10 bits per heavy atom. The highest BCUT2D eigenvalue weighted by molar-refractivity contribution is 5.77. The predicted molar refractivity (Wildman–Crippen MR) is 116 cm³/mol. The number of nitrogens with one attached hydrogen (secondary N) is 1. The van der Waals surface area contributed by atoms with Gasteiger partial charge in [-0.3, -0.25) is 14.3 Å². The Bertz CT molecular complexity index is 1350. The van der Waals surface area contributed by atoms with Crippen LogP contribution in [-0.2, 0) is 17.8 Å². The fraction of sp³-hybridized carbons (Fsp3) is 0.261. The van der Waals surface area contributed by atoms with Crippen molar-refractivity contribution in [2.75, 3.05) is 6.61 Å². The van der Waals surface area contributed by atoms with E-state index in [4.69, 9.17) is 9.72 Å². The van der Waals surface area contributed by atoms with Gasteiger partial charge in [0.05, 0.1) is 19.2 Å². The van der Waals surface area contributed by atoms with E-state index in [0.717, 1.165) is 18.4 Å². The summed E-state index contributed by atoms with van der Waals surface area (Å²) in [5, 5.41) is 9.99. The molecule has 1 atom stereocenters. The van der Waals surface area contributed by atoms with Crippen molar-refractivity contribution in [3.63, 3.8) is 0 Å². The van der Waals surface area contributed by atoms with Gasteiger partial charge >= 0.3 is 5.69 Å². The summed E-state index contributed by atoms with van der Waals surface area (Å²) in [6.07, 6.45) is 1.82. The number of imidazole rings is 1. The molecule has 8 nitrogen and oxygen atoms in total. The van der Waals surface area contributed by atoms with Crippen LogP contribution in [0.25, 0.3) is 22.6 Å². The number of aromatic hydroxyl groups is 1. The van der Waals surface area contributed by atoms with E-state index in [9.17, 15) is 14.7 Å². The number of H-pyrrole nitrogens is 1. The average molecular weight is 418 g/mol. The minimum Gasteiger partial charge on any atom is -0.508 e. The first-order chi connectivity index (χ1) is 15.1. The molecule has 3 heterocycles. The first-order valence-corrected chi connectivity index (χ1v) is 10.3. The number of hydrogen-bond acceptors (Lipinski definition) is 5. The molecule has 2 aromatic carbocycles. The zero-order valence-electron chi connectivity index (χ0n) is 16.8. The molecule has 5 rings (SSSR count). The average Bonchev–Trinajstić information content (AvgIpc) is 3.40. The largest absolute Gasteiger partial charge is 0.508 e. The van der Waals surface area contributed by atoms with Gasteiger partial charge in [-0.25, -0.2) is 9.78 Å². The summed E-state index contributed by atoms with van der Waals surface area (Å²) in [5.41, 5.74) is 1.22. The number of phenols is 1. The molecule has 0 amide bonds. The molecule has 1 saturated heterocycles. The summed E-state index contributed by atoms with van der Waals surface area (Å²) in [7, 11) is 0. The van der Waals surface area contributed by atoms with Gasteiger partial charge in [-0.1, -0.05) is 42.5 Å². The van der Waals surface area contributed by atoms with Crippen molar-refractivity contribution in [2.45, 2.75) is 32.0 Å². The summed E-state index contributed by atoms with van der Waals surface area (Å²) in [4.78, 5) is 32.8. The van der Waals surface area contributed by atoms with E-state index in [1.165, 1.54) is 4.57 Å². The van der Waals surface area contributed by atoms with Crippen LogP contribution in [0.2, 0.25) is 0 Å². The van der Waals surface area contributed by atoms with Crippen molar-refractivity contribution in [2.24, 2.45) is 0 Å². The standard InChI is InChI=1S/C23H22N4O4/c28-17-9-4-8-16(12-17)20-24-21-19(26(20)14-18-10-5-11-31-18)22(29)25-23(30)27(21)13-15-6-2-1-3-7-15/h1-4,6-9,12,18,28H,5,10-11,13-14H2,(H,25,29,30). The summed E-state index contributed by atoms with van der Waals surface area (Å²) in [5.74, 6) is 0.614. The van der Waals surface area contributed by atoms with Crippen molar-refractivity contribution in [1.29, 1.82) is 0 Å². The molecule has 2 N–H and O–H groups in total. The molecule has 1 aliphatic heterocycles. The number of nitrogens with zero attached hydrogens (tertiary/aromatic N) is 3. The maximum Gasteiger partial charge on any atom is 0.330 e. The Morgan fingerprint density at radius 2 is 1.94 bits per heavy atom. The quantitative estimate of drug-likeness (QED) is 0.518. The van der Waals surface area contributed by atoms with Crippen LogP contribution in [0.5, 0.6) is 5.75 Å². The van der Waals surface area contributed by atoms with Crippen LogP contribution in [0.3, 0.4) is 0 Å². The first-order valence-electron chi connectivity index (χ1n) is 10.3. The molecule has 1 fully saturated rings. The summed E-state index contributed by atoms with van der Waals surface area (Å²) in [6.45, 7) is 1.41. The number of aromatic nitrogens is 4. The van der Waals surface area contributed by atoms with E-state index in [1.807, 2.05) is 36.4 Å². The molecule has 0 bridgehead atoms. The predicted octanol–water partition coefficient (Wildman–Crippen LogP) is 2.49. The smallest absolute Gasteiger partial charge is 0.330 e. The van der Waals surface area contributed by atoms with Gasteiger partial charge in [0.25, 0.3) is 5.56 Å². The molecular formula is C23H22N4O4. The number of ether oxygens (including phenoxy) is 1. The summed E-state index contributed by atoms with van der Waals surface area (Å²) >= 11 is 0. The van der Waals surface area contributed by atoms with Gasteiger partial charge < -0.3 is 14.4 Å². The summed E-state index contributed by atoms with van der Waals surface area (Å²) in [6, 6.07) is 16.3. The van der Waals surface area contributed by atoms with Crippen molar-refractivity contribution in [3.05, 3.63) is 81.0 Å². The van der Waals surface area contributed by atoms with Gasteiger partial charge in [-0.05, 0) is 30.5 Å². The highest BCUT2D eigenvalue weighted by Crippen LogP contribution is 2.27. The van der Waals surface area contributed by atoms with Crippen molar-refractivity contribution >= 4 is 11.2 Å². The molecular weight excluding hydrogens is 396 g/mol. The zero-order valence-corrected chi connectivity index (χ0v) is 16.8. The lowest BCUT2D eigenvalue weighted by Gasteiger charge is -2.14. The Morgan fingerprint density at radius 3 is 2.68 bits per heavy atom.